The molecule has 2 unspecified atom stereocenters. The number of nitrogens with zero attached hydrogens (tertiary/aromatic N) is 1. The van der Waals surface area contributed by atoms with Crippen LogP contribution in [0, 0.1) is 11.3 Å². The molecule has 1 amide bonds. The summed E-state index contributed by atoms with van der Waals surface area (Å²) in [6, 6.07) is 0. The van der Waals surface area contributed by atoms with Crippen molar-refractivity contribution in [3.8, 4) is 0 Å². The van der Waals surface area contributed by atoms with Crippen LogP contribution in [0.4, 0.5) is 0 Å². The fourth-order valence-electron chi connectivity index (χ4n) is 2.12. The Balaban J connectivity index is 1.91. The van der Waals surface area contributed by atoms with Crippen LogP contribution < -0.4 is 0 Å². The van der Waals surface area contributed by atoms with Crippen molar-refractivity contribution in [2.75, 3.05) is 25.0 Å². The van der Waals surface area contributed by atoms with Crippen molar-refractivity contribution in [3.05, 3.63) is 0 Å². The molecule has 4 heteroatoms. The van der Waals surface area contributed by atoms with Crippen LogP contribution in [0.2, 0.25) is 0 Å². The summed E-state index contributed by atoms with van der Waals surface area (Å²) in [5.74, 6) is 0.584. The summed E-state index contributed by atoms with van der Waals surface area (Å²) in [7, 11) is 0. The molecule has 1 aliphatic heterocycles. The lowest BCUT2D eigenvalue weighted by Crippen LogP contribution is -2.47. The van der Waals surface area contributed by atoms with Gasteiger partial charge in [-0.1, -0.05) is 29.8 Å². The average molecular weight is 276 g/mol. The Kier molecular flexibility index (Phi) is 3.08. The second-order valence-electron chi connectivity index (χ2n) is 5.18. The Bertz CT molecular complexity index is 267. The van der Waals surface area contributed by atoms with Crippen LogP contribution in [0.1, 0.15) is 20.3 Å². The number of hydrogen-bond acceptors (Lipinski definition) is 2. The van der Waals surface area contributed by atoms with Crippen LogP contribution in [0.5, 0.6) is 0 Å². The van der Waals surface area contributed by atoms with Crippen molar-refractivity contribution in [1.82, 2.24) is 4.90 Å². The van der Waals surface area contributed by atoms with E-state index in [0.29, 0.717) is 12.5 Å². The van der Waals surface area contributed by atoms with E-state index in [0.717, 1.165) is 24.8 Å². The average Bonchev–Trinajstić information content (AvgIpc) is 2.87. The third-order valence-electron chi connectivity index (χ3n) is 3.43. The van der Waals surface area contributed by atoms with Crippen LogP contribution in [0.25, 0.3) is 0 Å². The number of amides is 1. The van der Waals surface area contributed by atoms with E-state index in [-0.39, 0.29) is 17.4 Å². The quantitative estimate of drug-likeness (QED) is 0.718. The van der Waals surface area contributed by atoms with Crippen LogP contribution >= 0.6 is 15.9 Å². The van der Waals surface area contributed by atoms with Gasteiger partial charge in [-0.3, -0.25) is 4.79 Å². The molecule has 2 rings (SSSR count). The first kappa shape index (κ1) is 11.4. The Morgan fingerprint density at radius 3 is 2.80 bits per heavy atom. The van der Waals surface area contributed by atoms with Crippen molar-refractivity contribution in [2.24, 2.45) is 11.3 Å². The van der Waals surface area contributed by atoms with Gasteiger partial charge >= 0.3 is 0 Å². The lowest BCUT2D eigenvalue weighted by molar-refractivity contribution is -0.140. The highest BCUT2D eigenvalue weighted by Gasteiger charge is 2.52. The van der Waals surface area contributed by atoms with Gasteiger partial charge in [-0.05, 0) is 11.8 Å². The molecule has 86 valence electrons. The summed E-state index contributed by atoms with van der Waals surface area (Å²) in [6.07, 6.45) is 1.21. The van der Waals surface area contributed by atoms with E-state index in [9.17, 15) is 4.79 Å². The predicted octanol–water partition coefficient (Wildman–Crippen LogP) is 1.65. The first-order valence-corrected chi connectivity index (χ1v) is 6.63. The SMILES string of the molecule is CC1(C)CC1C(=O)N1CCOC(CBr)C1. The fraction of sp³-hybridized carbons (Fsp3) is 0.909. The van der Waals surface area contributed by atoms with Crippen LogP contribution in [-0.2, 0) is 9.53 Å². The smallest absolute Gasteiger partial charge is 0.226 e. The van der Waals surface area contributed by atoms with Crippen LogP contribution in [0.15, 0.2) is 0 Å². The molecule has 0 spiro atoms. The Hall–Kier alpha value is -0.0900. The van der Waals surface area contributed by atoms with E-state index in [1.54, 1.807) is 0 Å². The number of morpholine rings is 1. The van der Waals surface area contributed by atoms with Gasteiger partial charge in [0.2, 0.25) is 5.91 Å². The van der Waals surface area contributed by atoms with Gasteiger partial charge < -0.3 is 9.64 Å². The normalized spacial score (nSPS) is 33.9. The second-order valence-corrected chi connectivity index (χ2v) is 5.82. The van der Waals surface area contributed by atoms with E-state index < -0.39 is 0 Å². The van der Waals surface area contributed by atoms with Gasteiger partial charge in [0.25, 0.3) is 0 Å². The lowest BCUT2D eigenvalue weighted by Gasteiger charge is -2.32. The summed E-state index contributed by atoms with van der Waals surface area (Å²) >= 11 is 3.40. The standard InChI is InChI=1S/C11H18BrNO2/c1-11(2)5-9(11)10(14)13-3-4-15-8(6-12)7-13/h8-9H,3-7H2,1-2H3. The van der Waals surface area contributed by atoms with Gasteiger partial charge in [-0.15, -0.1) is 0 Å². The van der Waals surface area contributed by atoms with E-state index in [1.807, 2.05) is 4.90 Å². The maximum atomic E-state index is 12.1. The second kappa shape index (κ2) is 4.06. The van der Waals surface area contributed by atoms with Crippen molar-refractivity contribution in [3.63, 3.8) is 0 Å². The molecule has 0 N–H and O–H groups in total. The molecule has 2 aliphatic rings. The molecule has 0 bridgehead atoms. The number of carbonyl (C=O) groups is 1. The first-order chi connectivity index (χ1) is 7.04. The monoisotopic (exact) mass is 275 g/mol. The number of alkyl halides is 1. The van der Waals surface area contributed by atoms with E-state index in [2.05, 4.69) is 29.8 Å². The van der Waals surface area contributed by atoms with Crippen molar-refractivity contribution in [2.45, 2.75) is 26.4 Å². The maximum Gasteiger partial charge on any atom is 0.226 e. The van der Waals surface area contributed by atoms with Gasteiger partial charge in [-0.2, -0.15) is 0 Å². The number of rotatable bonds is 2. The van der Waals surface area contributed by atoms with Crippen molar-refractivity contribution >= 4 is 21.8 Å². The first-order valence-electron chi connectivity index (χ1n) is 5.51. The highest BCUT2D eigenvalue weighted by atomic mass is 79.9. The minimum Gasteiger partial charge on any atom is -0.374 e. The third-order valence-corrected chi connectivity index (χ3v) is 4.16. The molecule has 0 aromatic heterocycles. The highest BCUT2D eigenvalue weighted by molar-refractivity contribution is 9.09. The van der Waals surface area contributed by atoms with Gasteiger partial charge in [-0.25, -0.2) is 0 Å². The predicted molar refractivity (Wildman–Crippen MR) is 62.0 cm³/mol. The highest BCUT2D eigenvalue weighted by Crippen LogP contribution is 2.52. The summed E-state index contributed by atoms with van der Waals surface area (Å²) in [5.41, 5.74) is 0.235. The van der Waals surface area contributed by atoms with Crippen LogP contribution in [-0.4, -0.2) is 41.9 Å². The molecule has 0 aromatic carbocycles. The molecule has 1 saturated heterocycles. The lowest BCUT2D eigenvalue weighted by atomic mass is 10.1. The molecule has 1 heterocycles. The van der Waals surface area contributed by atoms with E-state index >= 15 is 0 Å². The minimum absolute atomic E-state index is 0.171. The molecular weight excluding hydrogens is 258 g/mol. The number of carbonyl (C=O) groups excluding carboxylic acids is 1. The molecule has 0 radical (unpaired) electrons. The molecule has 2 atom stereocenters. The molecule has 3 nitrogen and oxygen atoms in total. The Labute approximate surface area is 99.3 Å². The van der Waals surface area contributed by atoms with E-state index in [1.165, 1.54) is 0 Å². The number of hydrogen-bond donors (Lipinski definition) is 0. The third kappa shape index (κ3) is 2.36. The van der Waals surface area contributed by atoms with Crippen LogP contribution in [0.3, 0.4) is 0 Å². The molecule has 0 aromatic rings. The van der Waals surface area contributed by atoms with Gasteiger partial charge in [0.05, 0.1) is 12.7 Å². The molecular formula is C11H18BrNO2. The number of ether oxygens (including phenoxy) is 1. The Morgan fingerprint density at radius 1 is 1.60 bits per heavy atom. The Morgan fingerprint density at radius 2 is 2.27 bits per heavy atom. The number of halogens is 1. The zero-order valence-electron chi connectivity index (χ0n) is 9.33. The van der Waals surface area contributed by atoms with Gasteiger partial charge in [0.1, 0.15) is 0 Å². The summed E-state index contributed by atoms with van der Waals surface area (Å²) < 4.78 is 5.52. The summed E-state index contributed by atoms with van der Waals surface area (Å²) in [4.78, 5) is 14.1. The molecule has 1 aliphatic carbocycles. The molecule has 2 fully saturated rings. The summed E-state index contributed by atoms with van der Waals surface area (Å²) in [6.45, 7) is 6.51. The van der Waals surface area contributed by atoms with E-state index in [4.69, 9.17) is 4.74 Å². The largest absolute Gasteiger partial charge is 0.374 e. The zero-order valence-corrected chi connectivity index (χ0v) is 10.9. The fourth-order valence-corrected chi connectivity index (χ4v) is 2.51. The molecule has 15 heavy (non-hydrogen) atoms. The zero-order chi connectivity index (χ0) is 11.1. The van der Waals surface area contributed by atoms with Gasteiger partial charge in [0.15, 0.2) is 0 Å². The van der Waals surface area contributed by atoms with Gasteiger partial charge in [0, 0.05) is 24.3 Å². The van der Waals surface area contributed by atoms with Crippen molar-refractivity contribution in [1.29, 1.82) is 0 Å². The topological polar surface area (TPSA) is 29.5 Å². The minimum atomic E-state index is 0.171. The summed E-state index contributed by atoms with van der Waals surface area (Å²) in [5, 5.41) is 0.810. The van der Waals surface area contributed by atoms with Crippen molar-refractivity contribution < 1.29 is 9.53 Å². The maximum absolute atomic E-state index is 12.1. The molecule has 1 saturated carbocycles.